The van der Waals surface area contributed by atoms with Gasteiger partial charge in [0.15, 0.2) is 0 Å². The van der Waals surface area contributed by atoms with Crippen molar-refractivity contribution in [3.8, 4) is 0 Å². The zero-order valence-electron chi connectivity index (χ0n) is 7.19. The summed E-state index contributed by atoms with van der Waals surface area (Å²) >= 11 is 0. The van der Waals surface area contributed by atoms with E-state index in [1.807, 2.05) is 13.8 Å². The number of nitrogens with one attached hydrogen (secondary N) is 1. The molecule has 0 unspecified atom stereocenters. The molecule has 0 spiro atoms. The molecular formula is C8H17ClFN. The number of alkyl halides is 1. The first-order valence-electron chi connectivity index (χ1n) is 4.05. The summed E-state index contributed by atoms with van der Waals surface area (Å²) in [5.74, 6) is 0.176. The van der Waals surface area contributed by atoms with Gasteiger partial charge < -0.3 is 5.32 Å². The van der Waals surface area contributed by atoms with Crippen LogP contribution in [0.1, 0.15) is 26.7 Å². The Morgan fingerprint density at radius 3 is 2.00 bits per heavy atom. The van der Waals surface area contributed by atoms with Crippen molar-refractivity contribution in [1.82, 2.24) is 5.32 Å². The van der Waals surface area contributed by atoms with Crippen molar-refractivity contribution in [2.24, 2.45) is 5.92 Å². The minimum Gasteiger partial charge on any atom is -0.316 e. The van der Waals surface area contributed by atoms with Gasteiger partial charge >= 0.3 is 0 Å². The minimum atomic E-state index is -0.884. The maximum atomic E-state index is 13.7. The van der Waals surface area contributed by atoms with E-state index >= 15 is 0 Å². The quantitative estimate of drug-likeness (QED) is 0.654. The Balaban J connectivity index is 0.000001000. The molecule has 1 aliphatic heterocycles. The van der Waals surface area contributed by atoms with Gasteiger partial charge in [-0.05, 0) is 31.8 Å². The first-order chi connectivity index (χ1) is 4.65. The van der Waals surface area contributed by atoms with Crippen molar-refractivity contribution in [3.05, 3.63) is 0 Å². The largest absolute Gasteiger partial charge is 0.316 e. The number of hydrogen-bond acceptors (Lipinski definition) is 1. The van der Waals surface area contributed by atoms with Gasteiger partial charge in [0.25, 0.3) is 0 Å². The third-order valence-corrected chi connectivity index (χ3v) is 2.47. The highest BCUT2D eigenvalue weighted by Gasteiger charge is 2.34. The molecule has 1 saturated heterocycles. The van der Waals surface area contributed by atoms with Crippen LogP contribution in [-0.2, 0) is 0 Å². The molecule has 1 N–H and O–H groups in total. The van der Waals surface area contributed by atoms with Crippen LogP contribution in [0.15, 0.2) is 0 Å². The number of piperidine rings is 1. The lowest BCUT2D eigenvalue weighted by atomic mass is 9.84. The summed E-state index contributed by atoms with van der Waals surface area (Å²) in [5, 5.41) is 3.15. The molecule has 0 amide bonds. The molecule has 1 aliphatic rings. The molecule has 3 heteroatoms. The van der Waals surface area contributed by atoms with Crippen LogP contribution < -0.4 is 5.32 Å². The van der Waals surface area contributed by atoms with Crippen LogP contribution in [0.4, 0.5) is 4.39 Å². The molecule has 1 nitrogen and oxygen atoms in total. The van der Waals surface area contributed by atoms with Crippen molar-refractivity contribution in [2.45, 2.75) is 32.4 Å². The van der Waals surface area contributed by atoms with E-state index in [1.54, 1.807) is 0 Å². The maximum Gasteiger partial charge on any atom is 0.115 e. The molecule has 0 aliphatic carbocycles. The van der Waals surface area contributed by atoms with Crippen LogP contribution in [0.25, 0.3) is 0 Å². The number of halogens is 2. The van der Waals surface area contributed by atoms with Gasteiger partial charge in [0.2, 0.25) is 0 Å². The second-order valence-corrected chi connectivity index (χ2v) is 3.44. The molecule has 1 fully saturated rings. The molecule has 0 saturated carbocycles. The summed E-state index contributed by atoms with van der Waals surface area (Å²) < 4.78 is 13.7. The predicted molar refractivity (Wildman–Crippen MR) is 48.0 cm³/mol. The van der Waals surface area contributed by atoms with E-state index in [4.69, 9.17) is 0 Å². The van der Waals surface area contributed by atoms with Gasteiger partial charge in [-0.15, -0.1) is 12.4 Å². The van der Waals surface area contributed by atoms with Crippen molar-refractivity contribution in [2.75, 3.05) is 13.1 Å². The third-order valence-electron chi connectivity index (χ3n) is 2.47. The van der Waals surface area contributed by atoms with E-state index in [0.717, 1.165) is 13.1 Å². The summed E-state index contributed by atoms with van der Waals surface area (Å²) in [6.07, 6.45) is 1.37. The van der Waals surface area contributed by atoms with Gasteiger partial charge in [-0.3, -0.25) is 0 Å². The van der Waals surface area contributed by atoms with Crippen molar-refractivity contribution < 1.29 is 4.39 Å². The lowest BCUT2D eigenvalue weighted by Crippen LogP contribution is -2.42. The smallest absolute Gasteiger partial charge is 0.115 e. The predicted octanol–water partition coefficient (Wildman–Crippen LogP) is 2.16. The number of hydrogen-bond donors (Lipinski definition) is 1. The van der Waals surface area contributed by atoms with E-state index in [1.165, 1.54) is 0 Å². The summed E-state index contributed by atoms with van der Waals surface area (Å²) in [4.78, 5) is 0. The Morgan fingerprint density at radius 1 is 1.27 bits per heavy atom. The highest BCUT2D eigenvalue weighted by molar-refractivity contribution is 5.85. The van der Waals surface area contributed by atoms with E-state index < -0.39 is 5.67 Å². The van der Waals surface area contributed by atoms with Gasteiger partial charge in [-0.1, -0.05) is 13.8 Å². The molecule has 68 valence electrons. The molecule has 1 rings (SSSR count). The topological polar surface area (TPSA) is 12.0 Å². The standard InChI is InChI=1S/C8H16FN.ClH/c1-7(2)8(9)3-5-10-6-4-8;/h7,10H,3-6H2,1-2H3;1H. The molecule has 0 radical (unpaired) electrons. The normalized spacial score (nSPS) is 22.9. The van der Waals surface area contributed by atoms with Gasteiger partial charge in [0.1, 0.15) is 5.67 Å². The molecule has 0 atom stereocenters. The maximum absolute atomic E-state index is 13.7. The lowest BCUT2D eigenvalue weighted by molar-refractivity contribution is 0.0626. The third kappa shape index (κ3) is 2.60. The van der Waals surface area contributed by atoms with E-state index in [2.05, 4.69) is 5.32 Å². The minimum absolute atomic E-state index is 0. The SMILES string of the molecule is CC(C)C1(F)CCNCC1.Cl. The van der Waals surface area contributed by atoms with Crippen molar-refractivity contribution in [1.29, 1.82) is 0 Å². The Hall–Kier alpha value is 0.180. The lowest BCUT2D eigenvalue weighted by Gasteiger charge is -2.33. The molecule has 11 heavy (non-hydrogen) atoms. The van der Waals surface area contributed by atoms with Crippen LogP contribution in [0, 0.1) is 5.92 Å². The van der Waals surface area contributed by atoms with Crippen LogP contribution in [0.2, 0.25) is 0 Å². The fourth-order valence-corrected chi connectivity index (χ4v) is 1.42. The summed E-state index contributed by atoms with van der Waals surface area (Å²) in [6.45, 7) is 5.61. The molecule has 0 bridgehead atoms. The van der Waals surface area contributed by atoms with E-state index in [0.29, 0.717) is 12.8 Å². The van der Waals surface area contributed by atoms with E-state index in [-0.39, 0.29) is 18.3 Å². The second kappa shape index (κ2) is 4.27. The highest BCUT2D eigenvalue weighted by Crippen LogP contribution is 2.30. The Kier molecular flexibility index (Phi) is 4.34. The van der Waals surface area contributed by atoms with Gasteiger partial charge in [0, 0.05) is 0 Å². The monoisotopic (exact) mass is 181 g/mol. The van der Waals surface area contributed by atoms with Gasteiger partial charge in [-0.2, -0.15) is 0 Å². The molecule has 0 aromatic heterocycles. The van der Waals surface area contributed by atoms with Crippen LogP contribution in [0.5, 0.6) is 0 Å². The Morgan fingerprint density at radius 2 is 1.73 bits per heavy atom. The van der Waals surface area contributed by atoms with E-state index in [9.17, 15) is 4.39 Å². The fourth-order valence-electron chi connectivity index (χ4n) is 1.42. The summed E-state index contributed by atoms with van der Waals surface area (Å²) in [7, 11) is 0. The van der Waals surface area contributed by atoms with Crippen LogP contribution in [-0.4, -0.2) is 18.8 Å². The van der Waals surface area contributed by atoms with Crippen LogP contribution in [0.3, 0.4) is 0 Å². The Bertz CT molecular complexity index is 111. The average molecular weight is 182 g/mol. The summed E-state index contributed by atoms with van der Waals surface area (Å²) in [6, 6.07) is 0. The van der Waals surface area contributed by atoms with Gasteiger partial charge in [-0.25, -0.2) is 4.39 Å². The molecule has 0 aromatic carbocycles. The number of rotatable bonds is 1. The molecular weight excluding hydrogens is 165 g/mol. The first kappa shape index (κ1) is 11.2. The molecule has 1 heterocycles. The zero-order chi connectivity index (χ0) is 7.61. The summed E-state index contributed by atoms with van der Waals surface area (Å²) in [5.41, 5.74) is -0.884. The first-order valence-corrected chi connectivity index (χ1v) is 4.05. The second-order valence-electron chi connectivity index (χ2n) is 3.44. The average Bonchev–Trinajstić information content (AvgIpc) is 1.89. The highest BCUT2D eigenvalue weighted by atomic mass is 35.5. The fraction of sp³-hybridized carbons (Fsp3) is 1.00. The van der Waals surface area contributed by atoms with Gasteiger partial charge in [0.05, 0.1) is 0 Å². The zero-order valence-corrected chi connectivity index (χ0v) is 8.01. The van der Waals surface area contributed by atoms with Crippen molar-refractivity contribution >= 4 is 12.4 Å². The Labute approximate surface area is 74.2 Å². The molecule has 0 aromatic rings. The van der Waals surface area contributed by atoms with Crippen LogP contribution >= 0.6 is 12.4 Å². The van der Waals surface area contributed by atoms with Crippen molar-refractivity contribution in [3.63, 3.8) is 0 Å².